The number of piperazine rings is 1. The molecule has 11 nitrogen and oxygen atoms in total. The number of methoxy groups -OCH3 is 1. The predicted octanol–water partition coefficient (Wildman–Crippen LogP) is 2.26. The van der Waals surface area contributed by atoms with E-state index in [9.17, 15) is 9.18 Å². The van der Waals surface area contributed by atoms with Crippen LogP contribution in [0.4, 0.5) is 15.0 Å². The maximum atomic E-state index is 14.5. The minimum absolute atomic E-state index is 0.0105. The van der Waals surface area contributed by atoms with E-state index in [1.165, 1.54) is 6.20 Å². The van der Waals surface area contributed by atoms with E-state index in [0.29, 0.717) is 25.3 Å². The van der Waals surface area contributed by atoms with Gasteiger partial charge in [-0.05, 0) is 34.1 Å². The maximum absolute atomic E-state index is 14.5. The molecule has 1 aromatic heterocycles. The van der Waals surface area contributed by atoms with E-state index in [1.807, 2.05) is 30.6 Å². The minimum atomic E-state index is -1.09. The molecule has 0 spiro atoms. The monoisotopic (exact) mass is 505 g/mol. The molecule has 0 aliphatic carbocycles. The molecule has 200 valence electrons. The zero-order valence-electron chi connectivity index (χ0n) is 22.2. The van der Waals surface area contributed by atoms with Crippen molar-refractivity contribution in [2.75, 3.05) is 38.7 Å². The maximum Gasteiger partial charge on any atom is 0.321 e. The van der Waals surface area contributed by atoms with Crippen LogP contribution in [0.2, 0.25) is 0 Å². The molecule has 3 atom stereocenters. The molecule has 0 bridgehead atoms. The molecular weight excluding hydrogens is 465 g/mol. The normalized spacial score (nSPS) is 27.9. The number of aromatic nitrogens is 2. The summed E-state index contributed by atoms with van der Waals surface area (Å²) in [4.78, 5) is 24.4. The van der Waals surface area contributed by atoms with Crippen LogP contribution in [-0.2, 0) is 16.8 Å². The first-order chi connectivity index (χ1) is 17.0. The van der Waals surface area contributed by atoms with Crippen molar-refractivity contribution in [1.82, 2.24) is 30.2 Å². The lowest BCUT2D eigenvalue weighted by atomic mass is 10.0. The fourth-order valence-electron chi connectivity index (χ4n) is 5.19. The van der Waals surface area contributed by atoms with E-state index in [-0.39, 0.29) is 24.0 Å². The third-order valence-corrected chi connectivity index (χ3v) is 7.62. The number of carbonyl (C=O) groups excluding carboxylic acids is 1. The summed E-state index contributed by atoms with van der Waals surface area (Å²) in [5.41, 5.74) is 7.20. The highest BCUT2D eigenvalue weighted by Crippen LogP contribution is 2.41. The second-order valence-corrected chi connectivity index (χ2v) is 10.5. The number of nitrogens with two attached hydrogens (primary N) is 1. The third-order valence-electron chi connectivity index (χ3n) is 7.62. The van der Waals surface area contributed by atoms with Crippen LogP contribution in [0.25, 0.3) is 0 Å². The van der Waals surface area contributed by atoms with Crippen molar-refractivity contribution >= 4 is 17.7 Å². The lowest BCUT2D eigenvalue weighted by molar-refractivity contribution is 0.0315. The number of halogens is 1. The number of nitrogens with one attached hydrogen (secondary N) is 3. The Morgan fingerprint density at radius 2 is 2.08 bits per heavy atom. The number of ether oxygens (including phenoxy) is 1. The molecule has 0 saturated carbocycles. The van der Waals surface area contributed by atoms with Crippen LogP contribution in [0.5, 0.6) is 0 Å². The van der Waals surface area contributed by atoms with Gasteiger partial charge in [0.05, 0.1) is 17.8 Å². The number of aliphatic imine (C=N–C) groups is 1. The number of fused-ring (bicyclic) bond motifs is 1. The summed E-state index contributed by atoms with van der Waals surface area (Å²) in [7, 11) is 1.72. The van der Waals surface area contributed by atoms with Gasteiger partial charge in [0.2, 0.25) is 0 Å². The summed E-state index contributed by atoms with van der Waals surface area (Å²) in [6.07, 6.45) is 2.66. The standard InChI is InChI=1S/C24H40FN9O2/c1-7-24(26)27-11-18(25)21(29-24)28-20-17-14-34(23(4,5)19(17)30-31-20)22(35)33-13-15(2)32(12-16(33)3)9-8-10-36-6/h11,15-16,27H,7-10,12-14,26H2,1-6H3,(H2,28,29,30,31)/t15-,16+,24?/m1/s1. The number of H-pyrrole nitrogens is 1. The summed E-state index contributed by atoms with van der Waals surface area (Å²) >= 11 is 0. The molecule has 1 saturated heterocycles. The Bertz CT molecular complexity index is 1040. The molecule has 5 N–H and O–H groups in total. The van der Waals surface area contributed by atoms with Crippen molar-refractivity contribution in [3.8, 4) is 0 Å². The molecule has 1 aromatic rings. The molecule has 2 amide bonds. The van der Waals surface area contributed by atoms with Gasteiger partial charge in [-0.15, -0.1) is 0 Å². The fourth-order valence-corrected chi connectivity index (χ4v) is 5.19. The molecule has 0 radical (unpaired) electrons. The van der Waals surface area contributed by atoms with Crippen LogP contribution < -0.4 is 16.4 Å². The van der Waals surface area contributed by atoms with E-state index in [0.717, 1.165) is 37.4 Å². The van der Waals surface area contributed by atoms with Crippen molar-refractivity contribution in [3.63, 3.8) is 0 Å². The second-order valence-electron chi connectivity index (χ2n) is 10.5. The van der Waals surface area contributed by atoms with Gasteiger partial charge >= 0.3 is 6.03 Å². The molecular formula is C24H40FN9O2. The number of amidine groups is 1. The Kier molecular flexibility index (Phi) is 7.31. The fraction of sp³-hybridized carbons (Fsp3) is 0.708. The van der Waals surface area contributed by atoms with Crippen molar-refractivity contribution in [3.05, 3.63) is 23.3 Å². The average Bonchev–Trinajstić information content (AvgIpc) is 3.36. The van der Waals surface area contributed by atoms with Gasteiger partial charge in [-0.1, -0.05) is 6.92 Å². The van der Waals surface area contributed by atoms with Gasteiger partial charge in [-0.3, -0.25) is 15.7 Å². The number of nitrogens with zero attached hydrogens (tertiary/aromatic N) is 5. The van der Waals surface area contributed by atoms with Gasteiger partial charge in [-0.2, -0.15) is 5.10 Å². The SMILES string of the molecule is CCC1(N)N=C(Nc2n[nH]c3c2CN(C(=O)N2C[C@@H](C)N(CCCOC)C[C@@H]2C)C3(C)C)C(F)=CN1. The zero-order valence-corrected chi connectivity index (χ0v) is 22.2. The molecule has 3 aliphatic rings. The summed E-state index contributed by atoms with van der Waals surface area (Å²) in [6, 6.07) is 0.327. The predicted molar refractivity (Wildman–Crippen MR) is 137 cm³/mol. The van der Waals surface area contributed by atoms with Gasteiger partial charge in [0.1, 0.15) is 0 Å². The third kappa shape index (κ3) is 4.81. The van der Waals surface area contributed by atoms with Crippen LogP contribution in [0.15, 0.2) is 17.0 Å². The van der Waals surface area contributed by atoms with Crippen LogP contribution >= 0.6 is 0 Å². The van der Waals surface area contributed by atoms with Gasteiger partial charge in [0.15, 0.2) is 23.3 Å². The highest BCUT2D eigenvalue weighted by atomic mass is 19.1. The van der Waals surface area contributed by atoms with Gasteiger partial charge in [0, 0.05) is 63.6 Å². The number of amides is 2. The molecule has 12 heteroatoms. The quantitative estimate of drug-likeness (QED) is 0.437. The minimum Gasteiger partial charge on any atom is -0.385 e. The van der Waals surface area contributed by atoms with Crippen LogP contribution in [0.3, 0.4) is 0 Å². The Balaban J connectivity index is 1.49. The molecule has 1 fully saturated rings. The number of hydrogen-bond acceptors (Lipinski definition) is 8. The molecule has 4 rings (SSSR count). The summed E-state index contributed by atoms with van der Waals surface area (Å²) in [5, 5.41) is 13.2. The Morgan fingerprint density at radius 1 is 1.33 bits per heavy atom. The number of rotatable bonds is 6. The first-order valence-corrected chi connectivity index (χ1v) is 12.7. The molecule has 4 heterocycles. The van der Waals surface area contributed by atoms with E-state index < -0.39 is 17.2 Å². The molecule has 1 unspecified atom stereocenters. The van der Waals surface area contributed by atoms with Crippen LogP contribution in [0.1, 0.15) is 58.7 Å². The Labute approximate surface area is 212 Å². The van der Waals surface area contributed by atoms with Gasteiger partial charge < -0.3 is 25.2 Å². The topological polar surface area (TPSA) is 127 Å². The first kappa shape index (κ1) is 26.4. The highest BCUT2D eigenvalue weighted by molar-refractivity contribution is 6.07. The lowest BCUT2D eigenvalue weighted by Gasteiger charge is -2.46. The van der Waals surface area contributed by atoms with Crippen LogP contribution in [0, 0.1) is 0 Å². The Morgan fingerprint density at radius 3 is 2.78 bits per heavy atom. The summed E-state index contributed by atoms with van der Waals surface area (Å²) < 4.78 is 19.7. The highest BCUT2D eigenvalue weighted by Gasteiger charge is 2.47. The second kappa shape index (κ2) is 9.98. The summed E-state index contributed by atoms with van der Waals surface area (Å²) in [5.74, 6) is -1.18. The van der Waals surface area contributed by atoms with E-state index in [1.54, 1.807) is 7.11 Å². The first-order valence-electron chi connectivity index (χ1n) is 12.7. The smallest absolute Gasteiger partial charge is 0.321 e. The summed E-state index contributed by atoms with van der Waals surface area (Å²) in [6.45, 7) is 13.6. The number of aromatic amines is 1. The number of anilines is 1. The van der Waals surface area contributed by atoms with Crippen LogP contribution in [-0.4, -0.2) is 88.0 Å². The largest absolute Gasteiger partial charge is 0.385 e. The molecule has 36 heavy (non-hydrogen) atoms. The van der Waals surface area contributed by atoms with Gasteiger partial charge in [0.25, 0.3) is 0 Å². The Hall–Kier alpha value is -2.70. The molecule has 3 aliphatic heterocycles. The van der Waals surface area contributed by atoms with E-state index in [4.69, 9.17) is 10.5 Å². The van der Waals surface area contributed by atoms with E-state index >= 15 is 0 Å². The average molecular weight is 506 g/mol. The van der Waals surface area contributed by atoms with Crippen molar-refractivity contribution < 1.29 is 13.9 Å². The lowest BCUT2D eigenvalue weighted by Crippen LogP contribution is -2.61. The zero-order chi connectivity index (χ0) is 26.3. The molecule has 0 aromatic carbocycles. The van der Waals surface area contributed by atoms with Crippen molar-refractivity contribution in [2.45, 2.75) is 77.4 Å². The number of urea groups is 1. The van der Waals surface area contributed by atoms with Crippen molar-refractivity contribution in [1.29, 1.82) is 0 Å². The number of carbonyl (C=O) groups is 1. The number of hydrogen-bond donors (Lipinski definition) is 4. The van der Waals surface area contributed by atoms with Gasteiger partial charge in [-0.25, -0.2) is 14.2 Å². The van der Waals surface area contributed by atoms with E-state index in [2.05, 4.69) is 44.6 Å². The van der Waals surface area contributed by atoms with Crippen molar-refractivity contribution in [2.24, 2.45) is 10.7 Å².